The van der Waals surface area contributed by atoms with Gasteiger partial charge in [-0.3, -0.25) is 9.59 Å². The summed E-state index contributed by atoms with van der Waals surface area (Å²) in [6.07, 6.45) is 2.81. The predicted octanol–water partition coefficient (Wildman–Crippen LogP) is -1.01. The van der Waals surface area contributed by atoms with E-state index in [0.717, 1.165) is 12.8 Å². The zero-order valence-electron chi connectivity index (χ0n) is 10.3. The molecule has 0 aliphatic heterocycles. The highest BCUT2D eigenvalue weighted by atomic mass is 16.4. The van der Waals surface area contributed by atoms with Gasteiger partial charge in [0.2, 0.25) is 5.91 Å². The average molecular weight is 259 g/mol. The summed E-state index contributed by atoms with van der Waals surface area (Å²) in [5, 5.41) is 11.1. The molecule has 0 aliphatic rings. The Morgan fingerprint density at radius 1 is 1.28 bits per heavy atom. The van der Waals surface area contributed by atoms with Crippen molar-refractivity contribution in [3.8, 4) is 0 Å². The van der Waals surface area contributed by atoms with Crippen molar-refractivity contribution in [2.75, 3.05) is 6.54 Å². The van der Waals surface area contributed by atoms with Crippen molar-refractivity contribution >= 4 is 18.2 Å². The Labute approximate surface area is 106 Å². The lowest BCUT2D eigenvalue weighted by Crippen LogP contribution is -2.38. The van der Waals surface area contributed by atoms with Crippen LogP contribution in [0.25, 0.3) is 0 Å². The number of aliphatic carboxylic acids is 1. The summed E-state index contributed by atoms with van der Waals surface area (Å²) in [5.74, 6) is -1.51. The number of nitrogens with two attached hydrogens (primary N) is 2. The molecule has 0 saturated carbocycles. The lowest BCUT2D eigenvalue weighted by molar-refractivity contribution is -0.138. The van der Waals surface area contributed by atoms with Crippen LogP contribution < -0.4 is 16.8 Å². The highest BCUT2D eigenvalue weighted by Gasteiger charge is 2.15. The Balaban J connectivity index is 3.89. The monoisotopic (exact) mass is 259 g/mol. The number of hydrogen-bond acceptors (Lipinski definition) is 5. The number of nitrogens with one attached hydrogen (secondary N) is 1. The molecule has 0 saturated heterocycles. The molecule has 0 aliphatic carbocycles. The van der Waals surface area contributed by atoms with Crippen LogP contribution in [0.15, 0.2) is 0 Å². The molecule has 18 heavy (non-hydrogen) atoms. The van der Waals surface area contributed by atoms with Crippen LogP contribution in [0.1, 0.15) is 32.1 Å². The molecule has 0 fully saturated rings. The number of unbranched alkanes of at least 4 members (excludes halogenated alkanes) is 1. The minimum absolute atomic E-state index is 0.00526. The van der Waals surface area contributed by atoms with E-state index in [1.807, 2.05) is 0 Å². The molecule has 0 aromatic heterocycles. The SMILES string of the molecule is NCCCC[C@@H](C=O)NC(=O)CC[C@H](N)C(=O)O. The number of amides is 1. The van der Waals surface area contributed by atoms with Crippen LogP contribution in [0.2, 0.25) is 0 Å². The van der Waals surface area contributed by atoms with Crippen molar-refractivity contribution in [1.29, 1.82) is 0 Å². The molecule has 0 radical (unpaired) electrons. The van der Waals surface area contributed by atoms with Crippen LogP contribution in [0.3, 0.4) is 0 Å². The van der Waals surface area contributed by atoms with E-state index in [0.29, 0.717) is 19.3 Å². The first-order valence-electron chi connectivity index (χ1n) is 5.94. The van der Waals surface area contributed by atoms with E-state index in [1.165, 1.54) is 0 Å². The summed E-state index contributed by atoms with van der Waals surface area (Å²) in [4.78, 5) is 32.6. The van der Waals surface area contributed by atoms with Gasteiger partial charge in [-0.2, -0.15) is 0 Å². The van der Waals surface area contributed by atoms with Crippen molar-refractivity contribution in [1.82, 2.24) is 5.32 Å². The maximum atomic E-state index is 11.4. The maximum Gasteiger partial charge on any atom is 0.320 e. The number of carbonyl (C=O) groups is 3. The lowest BCUT2D eigenvalue weighted by atomic mass is 10.1. The third kappa shape index (κ3) is 7.75. The zero-order chi connectivity index (χ0) is 14.0. The molecule has 0 spiro atoms. The van der Waals surface area contributed by atoms with Crippen molar-refractivity contribution in [3.63, 3.8) is 0 Å². The fourth-order valence-corrected chi connectivity index (χ4v) is 1.37. The molecule has 0 rings (SSSR count). The summed E-state index contributed by atoms with van der Waals surface area (Å²) >= 11 is 0. The standard InChI is InChI=1S/C11H21N3O4/c12-6-2-1-3-8(7-15)14-10(16)5-4-9(13)11(17)18/h7-9H,1-6,12-13H2,(H,14,16)(H,17,18)/t8-,9-/m0/s1. The lowest BCUT2D eigenvalue weighted by Gasteiger charge is -2.13. The van der Waals surface area contributed by atoms with Gasteiger partial charge < -0.3 is 26.7 Å². The van der Waals surface area contributed by atoms with Crippen LogP contribution in [-0.2, 0) is 14.4 Å². The largest absolute Gasteiger partial charge is 0.480 e. The number of aldehydes is 1. The molecule has 2 atom stereocenters. The van der Waals surface area contributed by atoms with Gasteiger partial charge in [-0.25, -0.2) is 0 Å². The minimum Gasteiger partial charge on any atom is -0.480 e. The molecule has 7 nitrogen and oxygen atoms in total. The van der Waals surface area contributed by atoms with Gasteiger partial charge in [-0.1, -0.05) is 0 Å². The van der Waals surface area contributed by atoms with Crippen LogP contribution in [-0.4, -0.2) is 41.9 Å². The fraction of sp³-hybridized carbons (Fsp3) is 0.727. The van der Waals surface area contributed by atoms with Gasteiger partial charge in [0.25, 0.3) is 0 Å². The topological polar surface area (TPSA) is 136 Å². The third-order valence-electron chi connectivity index (χ3n) is 2.48. The summed E-state index contributed by atoms with van der Waals surface area (Å²) in [6.45, 7) is 0.549. The summed E-state index contributed by atoms with van der Waals surface area (Å²) in [6, 6.07) is -1.59. The molecule has 0 heterocycles. The second-order valence-electron chi connectivity index (χ2n) is 4.08. The van der Waals surface area contributed by atoms with Crippen molar-refractivity contribution in [3.05, 3.63) is 0 Å². The van der Waals surface area contributed by atoms with Gasteiger partial charge in [0.15, 0.2) is 0 Å². The quantitative estimate of drug-likeness (QED) is 0.293. The number of hydrogen-bond donors (Lipinski definition) is 4. The molecule has 1 amide bonds. The zero-order valence-corrected chi connectivity index (χ0v) is 10.3. The number of carboxylic acid groups (broad SMARTS) is 1. The maximum absolute atomic E-state index is 11.4. The Kier molecular flexibility index (Phi) is 8.77. The fourth-order valence-electron chi connectivity index (χ4n) is 1.37. The van der Waals surface area contributed by atoms with Crippen LogP contribution in [0, 0.1) is 0 Å². The van der Waals surface area contributed by atoms with Crippen molar-refractivity contribution in [2.24, 2.45) is 11.5 Å². The molecular formula is C11H21N3O4. The minimum atomic E-state index is -1.14. The van der Waals surface area contributed by atoms with Crippen LogP contribution in [0.5, 0.6) is 0 Å². The molecule has 0 unspecified atom stereocenters. The van der Waals surface area contributed by atoms with Gasteiger partial charge in [-0.05, 0) is 32.2 Å². The van der Waals surface area contributed by atoms with Crippen LogP contribution in [0.4, 0.5) is 0 Å². The third-order valence-corrected chi connectivity index (χ3v) is 2.48. The molecule has 0 aromatic rings. The normalized spacial score (nSPS) is 13.7. The van der Waals surface area contributed by atoms with E-state index in [2.05, 4.69) is 5.32 Å². The molecule has 0 aromatic carbocycles. The first-order valence-corrected chi connectivity index (χ1v) is 5.94. The number of rotatable bonds is 10. The van der Waals surface area contributed by atoms with Gasteiger partial charge in [0.1, 0.15) is 12.3 Å². The summed E-state index contributed by atoms with van der Waals surface area (Å²) in [7, 11) is 0. The van der Waals surface area contributed by atoms with Gasteiger partial charge in [0.05, 0.1) is 6.04 Å². The van der Waals surface area contributed by atoms with Crippen molar-refractivity contribution in [2.45, 2.75) is 44.2 Å². The smallest absolute Gasteiger partial charge is 0.320 e. The second-order valence-corrected chi connectivity index (χ2v) is 4.08. The highest BCUT2D eigenvalue weighted by Crippen LogP contribution is 2.00. The molecule has 6 N–H and O–H groups in total. The van der Waals surface area contributed by atoms with E-state index >= 15 is 0 Å². The van der Waals surface area contributed by atoms with E-state index in [4.69, 9.17) is 16.6 Å². The molecule has 7 heteroatoms. The average Bonchev–Trinajstić information content (AvgIpc) is 2.34. The second kappa shape index (κ2) is 9.55. The van der Waals surface area contributed by atoms with Crippen molar-refractivity contribution < 1.29 is 19.5 Å². The van der Waals surface area contributed by atoms with Gasteiger partial charge >= 0.3 is 5.97 Å². The Hall–Kier alpha value is -1.47. The predicted molar refractivity (Wildman–Crippen MR) is 65.7 cm³/mol. The highest BCUT2D eigenvalue weighted by molar-refractivity contribution is 5.80. The summed E-state index contributed by atoms with van der Waals surface area (Å²) in [5.41, 5.74) is 10.6. The summed E-state index contributed by atoms with van der Waals surface area (Å²) < 4.78 is 0. The Morgan fingerprint density at radius 3 is 2.44 bits per heavy atom. The number of carboxylic acids is 1. The van der Waals surface area contributed by atoms with Gasteiger partial charge in [0, 0.05) is 6.42 Å². The van der Waals surface area contributed by atoms with Gasteiger partial charge in [-0.15, -0.1) is 0 Å². The first-order chi connectivity index (χ1) is 8.51. The van der Waals surface area contributed by atoms with E-state index < -0.39 is 18.1 Å². The Morgan fingerprint density at radius 2 is 1.94 bits per heavy atom. The Bertz CT molecular complexity index is 283. The molecular weight excluding hydrogens is 238 g/mol. The van der Waals surface area contributed by atoms with Crippen LogP contribution >= 0.6 is 0 Å². The number of carbonyl (C=O) groups excluding carboxylic acids is 2. The molecule has 104 valence electrons. The molecule has 0 bridgehead atoms. The van der Waals surface area contributed by atoms with E-state index in [9.17, 15) is 14.4 Å². The van der Waals surface area contributed by atoms with E-state index in [1.54, 1.807) is 0 Å². The first kappa shape index (κ1) is 16.5. The van der Waals surface area contributed by atoms with E-state index in [-0.39, 0.29) is 18.7 Å².